The molecule has 3 atom stereocenters. The lowest BCUT2D eigenvalue weighted by atomic mass is 9.67. The van der Waals surface area contributed by atoms with Gasteiger partial charge in [0.25, 0.3) is 0 Å². The van der Waals surface area contributed by atoms with Crippen LogP contribution in [-0.2, 0) is 16.1 Å². The molecule has 2 heterocycles. The van der Waals surface area contributed by atoms with Crippen LogP contribution in [0, 0.1) is 18.3 Å². The van der Waals surface area contributed by atoms with Crippen molar-refractivity contribution in [2.45, 2.75) is 58.1 Å². The molecule has 1 aromatic rings. The highest BCUT2D eigenvalue weighted by Crippen LogP contribution is 2.44. The van der Waals surface area contributed by atoms with Crippen LogP contribution in [0.15, 0.2) is 18.2 Å². The smallest absolute Gasteiger partial charge is 0.228 e. The average molecular weight is 373 g/mol. The summed E-state index contributed by atoms with van der Waals surface area (Å²) in [5.74, 6) is 1.57. The van der Waals surface area contributed by atoms with Crippen LogP contribution in [-0.4, -0.2) is 38.3 Å². The molecule has 1 saturated carbocycles. The van der Waals surface area contributed by atoms with Gasteiger partial charge in [0, 0.05) is 25.3 Å². The van der Waals surface area contributed by atoms with Gasteiger partial charge in [-0.1, -0.05) is 25.0 Å². The van der Waals surface area contributed by atoms with Gasteiger partial charge in [-0.25, -0.2) is 0 Å². The van der Waals surface area contributed by atoms with E-state index in [0.29, 0.717) is 19.1 Å². The second kappa shape index (κ2) is 8.19. The summed E-state index contributed by atoms with van der Waals surface area (Å²) >= 11 is 0. The monoisotopic (exact) mass is 372 g/mol. The topological polar surface area (TPSA) is 59.6 Å². The fourth-order valence-corrected chi connectivity index (χ4v) is 4.94. The first-order chi connectivity index (χ1) is 13.2. The van der Waals surface area contributed by atoms with Crippen LogP contribution < -0.4 is 15.4 Å². The first-order valence-corrected chi connectivity index (χ1v) is 10.5. The maximum Gasteiger partial charge on any atom is 0.228 e. The highest BCUT2D eigenvalue weighted by molar-refractivity contribution is 5.84. The molecule has 27 heavy (non-hydrogen) atoms. The molecule has 3 aliphatic rings. The molecule has 1 aliphatic carbocycles. The van der Waals surface area contributed by atoms with E-state index in [1.165, 1.54) is 18.4 Å². The van der Waals surface area contributed by atoms with Gasteiger partial charge in [0.1, 0.15) is 12.4 Å². The van der Waals surface area contributed by atoms with Crippen molar-refractivity contribution < 1.29 is 14.3 Å². The lowest BCUT2D eigenvalue weighted by Crippen LogP contribution is -2.47. The minimum Gasteiger partial charge on any atom is -0.491 e. The number of benzene rings is 1. The molecule has 0 spiro atoms. The molecular weight excluding hydrogens is 340 g/mol. The van der Waals surface area contributed by atoms with Gasteiger partial charge in [-0.2, -0.15) is 0 Å². The Kier molecular flexibility index (Phi) is 5.69. The Hall–Kier alpha value is -1.59. The molecular formula is C22H32N2O3. The van der Waals surface area contributed by atoms with Crippen molar-refractivity contribution in [3.8, 4) is 5.75 Å². The number of nitrogens with one attached hydrogen (secondary N) is 2. The van der Waals surface area contributed by atoms with Crippen LogP contribution in [0.3, 0.4) is 0 Å². The van der Waals surface area contributed by atoms with Crippen LogP contribution in [0.25, 0.3) is 0 Å². The molecule has 1 unspecified atom stereocenters. The Morgan fingerprint density at radius 2 is 2.26 bits per heavy atom. The van der Waals surface area contributed by atoms with E-state index in [1.807, 2.05) is 0 Å². The molecule has 2 aliphatic heterocycles. The molecule has 1 aromatic carbocycles. The van der Waals surface area contributed by atoms with Gasteiger partial charge < -0.3 is 20.1 Å². The number of ether oxygens (including phenoxy) is 2. The normalized spacial score (nSPS) is 30.1. The molecule has 0 bridgehead atoms. The number of fused-ring (bicyclic) bond motifs is 1. The van der Waals surface area contributed by atoms with Crippen molar-refractivity contribution in [3.05, 3.63) is 29.3 Å². The van der Waals surface area contributed by atoms with E-state index in [0.717, 1.165) is 56.7 Å². The van der Waals surface area contributed by atoms with Gasteiger partial charge >= 0.3 is 0 Å². The number of carbonyl (C=O) groups is 1. The van der Waals surface area contributed by atoms with E-state index in [9.17, 15) is 4.79 Å². The Balaban J connectivity index is 1.40. The summed E-state index contributed by atoms with van der Waals surface area (Å²) in [5, 5.41) is 6.68. The van der Waals surface area contributed by atoms with Crippen molar-refractivity contribution in [2.75, 3.05) is 26.3 Å². The third-order valence-electron chi connectivity index (χ3n) is 6.60. The fraction of sp³-hybridized carbons (Fsp3) is 0.682. The number of rotatable bonds is 6. The molecule has 5 heteroatoms. The summed E-state index contributed by atoms with van der Waals surface area (Å²) in [4.78, 5) is 13.1. The second-order valence-corrected chi connectivity index (χ2v) is 8.47. The first-order valence-electron chi connectivity index (χ1n) is 10.5. The summed E-state index contributed by atoms with van der Waals surface area (Å²) < 4.78 is 11.7. The van der Waals surface area contributed by atoms with Crippen molar-refractivity contribution >= 4 is 5.91 Å². The van der Waals surface area contributed by atoms with Crippen LogP contribution in [0.4, 0.5) is 0 Å². The molecule has 4 rings (SSSR count). The molecule has 148 valence electrons. The van der Waals surface area contributed by atoms with E-state index >= 15 is 0 Å². The van der Waals surface area contributed by atoms with Crippen molar-refractivity contribution in [1.29, 1.82) is 0 Å². The maximum atomic E-state index is 13.1. The van der Waals surface area contributed by atoms with E-state index in [1.54, 1.807) is 0 Å². The zero-order valence-electron chi connectivity index (χ0n) is 16.4. The van der Waals surface area contributed by atoms with Crippen LogP contribution in [0.1, 0.15) is 49.7 Å². The highest BCUT2D eigenvalue weighted by atomic mass is 16.5. The zero-order valence-corrected chi connectivity index (χ0v) is 16.4. The first kappa shape index (κ1) is 18.8. The van der Waals surface area contributed by atoms with Crippen molar-refractivity contribution in [1.82, 2.24) is 10.6 Å². The molecule has 2 N–H and O–H groups in total. The SMILES string of the molecule is Cc1ccc(CNC(=O)[C@@]23CCCC[C@H]2CNC3)c(OCC2CCCO2)c1. The second-order valence-electron chi connectivity index (χ2n) is 8.47. The number of amides is 1. The molecule has 5 nitrogen and oxygen atoms in total. The summed E-state index contributed by atoms with van der Waals surface area (Å²) in [6.45, 7) is 5.81. The van der Waals surface area contributed by atoms with E-state index < -0.39 is 0 Å². The Morgan fingerprint density at radius 3 is 3.11 bits per heavy atom. The minimum absolute atomic E-state index is 0.194. The Labute approximate surface area is 162 Å². The van der Waals surface area contributed by atoms with Crippen LogP contribution in [0.2, 0.25) is 0 Å². The lowest BCUT2D eigenvalue weighted by Gasteiger charge is -2.37. The standard InChI is InChI=1S/C22H32N2O3/c1-16-7-8-17(20(11-16)27-14-19-6-4-10-26-19)12-24-21(25)22-9-3-2-5-18(22)13-23-15-22/h7-8,11,18-19,23H,2-6,9-10,12-15H2,1H3,(H,24,25)/t18-,19?,22+/m0/s1. The van der Waals surface area contributed by atoms with E-state index in [-0.39, 0.29) is 17.4 Å². The van der Waals surface area contributed by atoms with Crippen LogP contribution >= 0.6 is 0 Å². The summed E-state index contributed by atoms with van der Waals surface area (Å²) in [5.41, 5.74) is 2.00. The summed E-state index contributed by atoms with van der Waals surface area (Å²) in [6.07, 6.45) is 6.95. The van der Waals surface area contributed by atoms with Gasteiger partial charge in [0.05, 0.1) is 11.5 Å². The molecule has 3 fully saturated rings. The summed E-state index contributed by atoms with van der Waals surface area (Å²) in [7, 11) is 0. The van der Waals surface area contributed by atoms with Gasteiger partial charge in [-0.3, -0.25) is 4.79 Å². The van der Waals surface area contributed by atoms with Gasteiger partial charge in [-0.15, -0.1) is 0 Å². The predicted octanol–water partition coefficient (Wildman–Crippen LogP) is 2.95. The third kappa shape index (κ3) is 3.99. The van der Waals surface area contributed by atoms with E-state index in [2.05, 4.69) is 35.8 Å². The maximum absolute atomic E-state index is 13.1. The molecule has 0 radical (unpaired) electrons. The lowest BCUT2D eigenvalue weighted by molar-refractivity contribution is -0.134. The summed E-state index contributed by atoms with van der Waals surface area (Å²) in [6, 6.07) is 6.22. The zero-order chi connectivity index (χ0) is 18.7. The van der Waals surface area contributed by atoms with Gasteiger partial charge in [0.2, 0.25) is 5.91 Å². The minimum atomic E-state index is -0.207. The number of carbonyl (C=O) groups excluding carboxylic acids is 1. The number of hydrogen-bond donors (Lipinski definition) is 2. The third-order valence-corrected chi connectivity index (χ3v) is 6.60. The fourth-order valence-electron chi connectivity index (χ4n) is 4.94. The highest BCUT2D eigenvalue weighted by Gasteiger charge is 2.49. The largest absolute Gasteiger partial charge is 0.491 e. The molecule has 0 aromatic heterocycles. The molecule has 1 amide bonds. The van der Waals surface area contributed by atoms with Crippen molar-refractivity contribution in [2.24, 2.45) is 11.3 Å². The quantitative estimate of drug-likeness (QED) is 0.806. The van der Waals surface area contributed by atoms with Gasteiger partial charge in [-0.05, 0) is 56.7 Å². The number of aryl methyl sites for hydroxylation is 1. The van der Waals surface area contributed by atoms with Gasteiger partial charge in [0.15, 0.2) is 0 Å². The predicted molar refractivity (Wildman–Crippen MR) is 105 cm³/mol. The van der Waals surface area contributed by atoms with Crippen molar-refractivity contribution in [3.63, 3.8) is 0 Å². The van der Waals surface area contributed by atoms with Crippen LogP contribution in [0.5, 0.6) is 5.75 Å². The average Bonchev–Trinajstić information content (AvgIpc) is 3.35. The number of hydrogen-bond acceptors (Lipinski definition) is 4. The molecule has 2 saturated heterocycles. The Bertz CT molecular complexity index is 672. The van der Waals surface area contributed by atoms with E-state index in [4.69, 9.17) is 9.47 Å². The Morgan fingerprint density at radius 1 is 1.33 bits per heavy atom.